The fourth-order valence-electron chi connectivity index (χ4n) is 3.62. The van der Waals surface area contributed by atoms with Crippen molar-refractivity contribution in [2.45, 2.75) is 25.3 Å². The molecule has 2 aromatic heterocycles. The summed E-state index contributed by atoms with van der Waals surface area (Å²) in [6.45, 7) is 1.66. The van der Waals surface area contributed by atoms with Crippen molar-refractivity contribution in [3.63, 3.8) is 0 Å². The second-order valence-electron chi connectivity index (χ2n) is 7.10. The fourth-order valence-corrected chi connectivity index (χ4v) is 4.06. The van der Waals surface area contributed by atoms with Crippen LogP contribution in [-0.2, 0) is 6.42 Å². The zero-order chi connectivity index (χ0) is 20.5. The van der Waals surface area contributed by atoms with Gasteiger partial charge in [0.05, 0.1) is 10.6 Å². The lowest BCUT2D eigenvalue weighted by atomic mass is 10.0. The molecule has 1 saturated heterocycles. The molecule has 29 heavy (non-hydrogen) atoms. The largest absolute Gasteiger partial charge is 0.349 e. The minimum absolute atomic E-state index is 0.00154. The molecule has 0 radical (unpaired) electrons. The number of nitrogens with one attached hydrogen (secondary N) is 3. The van der Waals surface area contributed by atoms with Crippen LogP contribution in [0.15, 0.2) is 35.3 Å². The Hall–Kier alpha value is -2.35. The molecule has 0 atom stereocenters. The van der Waals surface area contributed by atoms with E-state index in [1.54, 1.807) is 10.5 Å². The van der Waals surface area contributed by atoms with E-state index in [2.05, 4.69) is 15.6 Å². The van der Waals surface area contributed by atoms with Crippen molar-refractivity contribution in [3.8, 4) is 0 Å². The molecule has 1 fully saturated rings. The first-order valence-electron chi connectivity index (χ1n) is 9.31. The summed E-state index contributed by atoms with van der Waals surface area (Å²) in [5, 5.41) is 6.63. The number of carbonyl (C=O) groups excluding carboxylic acids is 1. The minimum atomic E-state index is -0.575. The summed E-state index contributed by atoms with van der Waals surface area (Å²) in [5.74, 6) is -1.00. The monoisotopic (exact) mass is 436 g/mol. The fraction of sp³-hybridized carbons (Fsp3) is 0.300. The third kappa shape index (κ3) is 4.03. The Morgan fingerprint density at radius 1 is 1.24 bits per heavy atom. The number of nitrogens with zero attached hydrogens (tertiary/aromatic N) is 1. The smallest absolute Gasteiger partial charge is 0.272 e. The summed E-state index contributed by atoms with van der Waals surface area (Å²) in [4.78, 5) is 27.3. The summed E-state index contributed by atoms with van der Waals surface area (Å²) in [6.07, 6.45) is 3.49. The van der Waals surface area contributed by atoms with E-state index in [1.165, 1.54) is 24.4 Å². The van der Waals surface area contributed by atoms with Crippen LogP contribution in [0.5, 0.6) is 0 Å². The Balaban J connectivity index is 1.63. The molecule has 0 saturated carbocycles. The number of benzene rings is 1. The molecule has 4 rings (SSSR count). The lowest BCUT2D eigenvalue weighted by molar-refractivity contribution is 0.0925. The van der Waals surface area contributed by atoms with Crippen molar-refractivity contribution in [1.82, 2.24) is 20.0 Å². The summed E-state index contributed by atoms with van der Waals surface area (Å²) >= 11 is 12.3. The van der Waals surface area contributed by atoms with Gasteiger partial charge in [-0.05, 0) is 49.7 Å². The lowest BCUT2D eigenvalue weighted by Crippen LogP contribution is -2.42. The number of carbonyl (C=O) groups is 1. The van der Waals surface area contributed by atoms with E-state index < -0.39 is 11.7 Å². The van der Waals surface area contributed by atoms with E-state index in [0.29, 0.717) is 23.2 Å². The van der Waals surface area contributed by atoms with Crippen LogP contribution >= 0.6 is 23.2 Å². The number of aromatic amines is 1. The molecule has 6 nitrogen and oxygen atoms in total. The molecule has 9 heteroatoms. The molecular formula is C20H19Cl2FN4O2. The number of amides is 1. The standard InChI is InChI=1S/C20H19Cl2FN4O2/c21-15-9-17-20(29)25-10-13(27(17)18(15)22)7-11-1-2-16(23)14(8-11)19(28)26-12-3-5-24-6-4-12/h1-2,8-10,12,24H,3-7H2,(H,25,29)(H,26,28). The summed E-state index contributed by atoms with van der Waals surface area (Å²) in [6, 6.07) is 5.94. The SMILES string of the molecule is O=C(NC1CCNCC1)c1cc(Cc2c[nH]c(=O)c3cc(Cl)c(Cl)n23)ccc1F. The Bertz CT molecular complexity index is 1140. The van der Waals surface area contributed by atoms with E-state index in [0.717, 1.165) is 25.9 Å². The average molecular weight is 437 g/mol. The molecular weight excluding hydrogens is 418 g/mol. The van der Waals surface area contributed by atoms with E-state index in [4.69, 9.17) is 23.2 Å². The highest BCUT2D eigenvalue weighted by Crippen LogP contribution is 2.27. The van der Waals surface area contributed by atoms with Gasteiger partial charge in [0.25, 0.3) is 11.5 Å². The first-order chi connectivity index (χ1) is 13.9. The van der Waals surface area contributed by atoms with Crippen LogP contribution in [0.4, 0.5) is 4.39 Å². The van der Waals surface area contributed by atoms with Crippen LogP contribution < -0.4 is 16.2 Å². The number of fused-ring (bicyclic) bond motifs is 1. The third-order valence-electron chi connectivity index (χ3n) is 5.12. The van der Waals surface area contributed by atoms with Crippen LogP contribution in [0.1, 0.15) is 34.5 Å². The van der Waals surface area contributed by atoms with Gasteiger partial charge < -0.3 is 15.6 Å². The van der Waals surface area contributed by atoms with Crippen LogP contribution in [0.3, 0.4) is 0 Å². The molecule has 3 N–H and O–H groups in total. The van der Waals surface area contributed by atoms with Gasteiger partial charge in [-0.1, -0.05) is 29.3 Å². The second-order valence-corrected chi connectivity index (χ2v) is 7.87. The van der Waals surface area contributed by atoms with Gasteiger partial charge in [-0.2, -0.15) is 0 Å². The van der Waals surface area contributed by atoms with Gasteiger partial charge in [-0.25, -0.2) is 4.39 Å². The van der Waals surface area contributed by atoms with Crippen molar-refractivity contribution in [2.24, 2.45) is 0 Å². The van der Waals surface area contributed by atoms with E-state index in [1.807, 2.05) is 0 Å². The molecule has 152 valence electrons. The van der Waals surface area contributed by atoms with Gasteiger partial charge in [0.1, 0.15) is 16.5 Å². The maximum absolute atomic E-state index is 14.3. The number of hydrogen-bond donors (Lipinski definition) is 3. The molecule has 0 bridgehead atoms. The molecule has 3 heterocycles. The Kier molecular flexibility index (Phi) is 5.63. The summed E-state index contributed by atoms with van der Waals surface area (Å²) in [5.41, 5.74) is 1.37. The highest BCUT2D eigenvalue weighted by molar-refractivity contribution is 6.42. The van der Waals surface area contributed by atoms with Gasteiger partial charge >= 0.3 is 0 Å². The Labute approximate surface area is 176 Å². The maximum atomic E-state index is 14.3. The number of rotatable bonds is 4. The summed E-state index contributed by atoms with van der Waals surface area (Å²) in [7, 11) is 0. The number of halogens is 3. The van der Waals surface area contributed by atoms with Crippen molar-refractivity contribution in [1.29, 1.82) is 0 Å². The van der Waals surface area contributed by atoms with E-state index >= 15 is 0 Å². The predicted octanol–water partition coefficient (Wildman–Crippen LogP) is 3.15. The first-order valence-corrected chi connectivity index (χ1v) is 10.1. The molecule has 1 aromatic carbocycles. The minimum Gasteiger partial charge on any atom is -0.349 e. The van der Waals surface area contributed by atoms with Gasteiger partial charge in [-0.3, -0.25) is 14.0 Å². The normalized spacial score (nSPS) is 15.0. The number of piperidine rings is 1. The van der Waals surface area contributed by atoms with Crippen LogP contribution in [0, 0.1) is 5.82 Å². The second kappa shape index (κ2) is 8.18. The number of hydrogen-bond acceptors (Lipinski definition) is 3. The zero-order valence-electron chi connectivity index (χ0n) is 15.4. The molecule has 0 aliphatic carbocycles. The number of aromatic nitrogens is 2. The molecule has 0 unspecified atom stereocenters. The molecule has 1 amide bonds. The zero-order valence-corrected chi connectivity index (χ0v) is 16.9. The Morgan fingerprint density at radius 2 is 2.00 bits per heavy atom. The van der Waals surface area contributed by atoms with Gasteiger partial charge in [0, 0.05) is 24.4 Å². The van der Waals surface area contributed by atoms with Gasteiger partial charge in [0.2, 0.25) is 0 Å². The highest BCUT2D eigenvalue weighted by Gasteiger charge is 2.20. The maximum Gasteiger partial charge on any atom is 0.272 e. The van der Waals surface area contributed by atoms with Crippen LogP contribution in [0.2, 0.25) is 10.2 Å². The van der Waals surface area contributed by atoms with Crippen molar-refractivity contribution in [3.05, 3.63) is 73.6 Å². The Morgan fingerprint density at radius 3 is 2.76 bits per heavy atom. The quantitative estimate of drug-likeness (QED) is 0.587. The van der Waals surface area contributed by atoms with Gasteiger partial charge in [-0.15, -0.1) is 0 Å². The van der Waals surface area contributed by atoms with Gasteiger partial charge in [0.15, 0.2) is 0 Å². The first kappa shape index (κ1) is 19.9. The van der Waals surface area contributed by atoms with E-state index in [-0.39, 0.29) is 27.3 Å². The van der Waals surface area contributed by atoms with Crippen molar-refractivity contribution >= 4 is 34.6 Å². The molecule has 1 aliphatic heterocycles. The molecule has 0 spiro atoms. The summed E-state index contributed by atoms with van der Waals surface area (Å²) < 4.78 is 15.9. The van der Waals surface area contributed by atoms with Crippen LogP contribution in [0.25, 0.3) is 5.52 Å². The third-order valence-corrected chi connectivity index (χ3v) is 5.88. The average Bonchev–Trinajstić information content (AvgIpc) is 3.02. The predicted molar refractivity (Wildman–Crippen MR) is 111 cm³/mol. The van der Waals surface area contributed by atoms with Crippen molar-refractivity contribution in [2.75, 3.05) is 13.1 Å². The molecule has 1 aliphatic rings. The van der Waals surface area contributed by atoms with E-state index in [9.17, 15) is 14.0 Å². The topological polar surface area (TPSA) is 78.4 Å². The van der Waals surface area contributed by atoms with Crippen molar-refractivity contribution < 1.29 is 9.18 Å². The number of H-pyrrole nitrogens is 1. The lowest BCUT2D eigenvalue weighted by Gasteiger charge is -2.23. The van der Waals surface area contributed by atoms with Crippen LogP contribution in [-0.4, -0.2) is 34.4 Å². The molecule has 3 aromatic rings. The highest BCUT2D eigenvalue weighted by atomic mass is 35.5.